The van der Waals surface area contributed by atoms with E-state index in [1.807, 2.05) is 4.90 Å². The van der Waals surface area contributed by atoms with Crippen LogP contribution in [0.1, 0.15) is 6.92 Å². The Morgan fingerprint density at radius 2 is 1.71 bits per heavy atom. The van der Waals surface area contributed by atoms with Crippen LogP contribution in [0.3, 0.4) is 0 Å². The zero-order chi connectivity index (χ0) is 22.0. The van der Waals surface area contributed by atoms with E-state index in [-0.39, 0.29) is 29.6 Å². The van der Waals surface area contributed by atoms with Gasteiger partial charge >= 0.3 is 0 Å². The number of carbonyl (C=O) groups excluding carboxylic acids is 1. The molecular weight excluding hydrogens is 425 g/mol. The van der Waals surface area contributed by atoms with Crippen LogP contribution < -0.4 is 14.8 Å². The lowest BCUT2D eigenvalue weighted by molar-refractivity contribution is -0.121. The van der Waals surface area contributed by atoms with Gasteiger partial charge < -0.3 is 14.8 Å². The largest absolute Gasteiger partial charge is 0.486 e. The third-order valence-electron chi connectivity index (χ3n) is 5.48. The van der Waals surface area contributed by atoms with Gasteiger partial charge in [-0.1, -0.05) is 12.1 Å². The lowest BCUT2D eigenvalue weighted by Crippen LogP contribution is -2.53. The number of halogens is 1. The summed E-state index contributed by atoms with van der Waals surface area (Å²) >= 11 is 0. The average Bonchev–Trinajstić information content (AvgIpc) is 2.79. The van der Waals surface area contributed by atoms with Crippen LogP contribution >= 0.6 is 0 Å². The van der Waals surface area contributed by atoms with E-state index in [0.29, 0.717) is 37.8 Å². The monoisotopic (exact) mass is 449 g/mol. The van der Waals surface area contributed by atoms with Crippen molar-refractivity contribution < 1.29 is 27.1 Å². The summed E-state index contributed by atoms with van der Waals surface area (Å²) in [6.07, 6.45) is 0. The number of anilines is 1. The molecule has 1 saturated heterocycles. The van der Waals surface area contributed by atoms with Gasteiger partial charge in [-0.3, -0.25) is 9.69 Å². The molecule has 0 unspecified atom stereocenters. The first-order chi connectivity index (χ1) is 14.9. The van der Waals surface area contributed by atoms with Crippen molar-refractivity contribution in [1.82, 2.24) is 9.21 Å². The maximum absolute atomic E-state index is 13.8. The molecule has 2 aliphatic heterocycles. The smallest absolute Gasteiger partial charge is 0.243 e. The number of nitrogens with zero attached hydrogens (tertiary/aromatic N) is 2. The maximum atomic E-state index is 13.8. The molecule has 0 bridgehead atoms. The second kappa shape index (κ2) is 8.81. The van der Waals surface area contributed by atoms with Crippen LogP contribution in [-0.4, -0.2) is 69.0 Å². The predicted molar refractivity (Wildman–Crippen MR) is 112 cm³/mol. The molecule has 0 aromatic heterocycles. The van der Waals surface area contributed by atoms with Gasteiger partial charge in [0.1, 0.15) is 19.0 Å². The van der Waals surface area contributed by atoms with E-state index in [2.05, 4.69) is 5.32 Å². The number of sulfonamides is 1. The topological polar surface area (TPSA) is 88.2 Å². The van der Waals surface area contributed by atoms with Gasteiger partial charge in [0.2, 0.25) is 15.9 Å². The molecule has 0 saturated carbocycles. The number of carbonyl (C=O) groups is 1. The summed E-state index contributed by atoms with van der Waals surface area (Å²) in [5.41, 5.74) is 0.124. The van der Waals surface area contributed by atoms with E-state index in [4.69, 9.17) is 9.47 Å². The van der Waals surface area contributed by atoms with Gasteiger partial charge in [-0.05, 0) is 31.2 Å². The molecule has 2 heterocycles. The van der Waals surface area contributed by atoms with Crippen molar-refractivity contribution in [3.63, 3.8) is 0 Å². The molecule has 1 amide bonds. The summed E-state index contributed by atoms with van der Waals surface area (Å²) in [4.78, 5) is 14.6. The van der Waals surface area contributed by atoms with E-state index in [9.17, 15) is 17.6 Å². The molecule has 0 radical (unpaired) electrons. The van der Waals surface area contributed by atoms with Crippen LogP contribution in [0.2, 0.25) is 0 Å². The minimum Gasteiger partial charge on any atom is -0.486 e. The predicted octanol–water partition coefficient (Wildman–Crippen LogP) is 1.93. The SMILES string of the molecule is C[C@H](C(=O)Nc1ccccc1F)N1CCN(S(=O)(=O)c2ccc3c(c2)OCCO3)CC1. The highest BCUT2D eigenvalue weighted by Gasteiger charge is 2.32. The Morgan fingerprint density at radius 3 is 2.42 bits per heavy atom. The Kier molecular flexibility index (Phi) is 6.12. The zero-order valence-electron chi connectivity index (χ0n) is 17.1. The normalized spacial score (nSPS) is 18.4. The van der Waals surface area contributed by atoms with Crippen LogP contribution in [-0.2, 0) is 14.8 Å². The number of hydrogen-bond donors (Lipinski definition) is 1. The number of fused-ring (bicyclic) bond motifs is 1. The first-order valence-corrected chi connectivity index (χ1v) is 11.5. The molecule has 0 aliphatic carbocycles. The van der Waals surface area contributed by atoms with Crippen LogP contribution in [0.4, 0.5) is 10.1 Å². The summed E-state index contributed by atoms with van der Waals surface area (Å²) in [6, 6.07) is 10.0. The standard InChI is InChI=1S/C21H24FN3O5S/c1-15(21(26)23-18-5-3-2-4-17(18)22)24-8-10-25(11-9-24)31(27,28)16-6-7-19-20(14-16)30-13-12-29-19/h2-7,14-15H,8-13H2,1H3,(H,23,26)/t15-/m1/s1. The number of benzene rings is 2. The number of para-hydroxylation sites is 1. The molecule has 166 valence electrons. The number of nitrogens with one attached hydrogen (secondary N) is 1. The number of ether oxygens (including phenoxy) is 2. The number of rotatable bonds is 5. The summed E-state index contributed by atoms with van der Waals surface area (Å²) in [5.74, 6) is 0.112. The summed E-state index contributed by atoms with van der Waals surface area (Å²) < 4.78 is 52.2. The zero-order valence-corrected chi connectivity index (χ0v) is 17.9. The quantitative estimate of drug-likeness (QED) is 0.751. The molecule has 1 fully saturated rings. The third kappa shape index (κ3) is 4.51. The van der Waals surface area contributed by atoms with Gasteiger partial charge in [-0.2, -0.15) is 4.31 Å². The van der Waals surface area contributed by atoms with Crippen LogP contribution in [0.25, 0.3) is 0 Å². The van der Waals surface area contributed by atoms with Crippen LogP contribution in [0.5, 0.6) is 11.5 Å². The van der Waals surface area contributed by atoms with Crippen molar-refractivity contribution in [2.75, 3.05) is 44.7 Å². The Morgan fingerprint density at radius 1 is 1.03 bits per heavy atom. The maximum Gasteiger partial charge on any atom is 0.243 e. The minimum atomic E-state index is -3.70. The molecule has 4 rings (SSSR count). The highest BCUT2D eigenvalue weighted by molar-refractivity contribution is 7.89. The van der Waals surface area contributed by atoms with E-state index < -0.39 is 21.9 Å². The van der Waals surface area contributed by atoms with Gasteiger partial charge in [-0.15, -0.1) is 0 Å². The van der Waals surface area contributed by atoms with Gasteiger partial charge in [0, 0.05) is 32.2 Å². The van der Waals surface area contributed by atoms with E-state index >= 15 is 0 Å². The average molecular weight is 450 g/mol. The highest BCUT2D eigenvalue weighted by Crippen LogP contribution is 2.33. The van der Waals surface area contributed by atoms with E-state index in [1.54, 1.807) is 25.1 Å². The van der Waals surface area contributed by atoms with E-state index in [0.717, 1.165) is 0 Å². The molecule has 2 aromatic carbocycles. The number of hydrogen-bond acceptors (Lipinski definition) is 6. The van der Waals surface area contributed by atoms with Crippen molar-refractivity contribution in [1.29, 1.82) is 0 Å². The molecule has 8 nitrogen and oxygen atoms in total. The molecule has 1 N–H and O–H groups in total. The number of piperazine rings is 1. The number of amides is 1. The van der Waals surface area contributed by atoms with Crippen molar-refractivity contribution in [2.45, 2.75) is 17.9 Å². The summed E-state index contributed by atoms with van der Waals surface area (Å²) in [7, 11) is -3.70. The minimum absolute atomic E-state index is 0.124. The lowest BCUT2D eigenvalue weighted by atomic mass is 10.2. The van der Waals surface area contributed by atoms with Crippen molar-refractivity contribution in [3.8, 4) is 11.5 Å². The second-order valence-electron chi connectivity index (χ2n) is 7.39. The molecular formula is C21H24FN3O5S. The molecule has 2 aromatic rings. The van der Waals surface area contributed by atoms with Crippen molar-refractivity contribution in [2.24, 2.45) is 0 Å². The molecule has 1 atom stereocenters. The summed E-state index contributed by atoms with van der Waals surface area (Å²) in [5, 5.41) is 2.59. The molecule has 2 aliphatic rings. The Hall–Kier alpha value is -2.69. The van der Waals surface area contributed by atoms with Crippen molar-refractivity contribution >= 4 is 21.6 Å². The fraction of sp³-hybridized carbons (Fsp3) is 0.381. The Bertz CT molecular complexity index is 1070. The fourth-order valence-corrected chi connectivity index (χ4v) is 5.07. The molecule has 31 heavy (non-hydrogen) atoms. The van der Waals surface area contributed by atoms with Crippen LogP contribution in [0.15, 0.2) is 47.4 Å². The molecule has 0 spiro atoms. The van der Waals surface area contributed by atoms with Gasteiger partial charge in [0.05, 0.1) is 16.6 Å². The van der Waals surface area contributed by atoms with Gasteiger partial charge in [0.15, 0.2) is 11.5 Å². The lowest BCUT2D eigenvalue weighted by Gasteiger charge is -2.36. The third-order valence-corrected chi connectivity index (χ3v) is 7.38. The van der Waals surface area contributed by atoms with Gasteiger partial charge in [-0.25, -0.2) is 12.8 Å². The highest BCUT2D eigenvalue weighted by atomic mass is 32.2. The first kappa shape index (κ1) is 21.5. The fourth-order valence-electron chi connectivity index (χ4n) is 3.63. The van der Waals surface area contributed by atoms with Gasteiger partial charge in [0.25, 0.3) is 0 Å². The molecule has 10 heteroatoms. The Labute approximate surface area is 180 Å². The first-order valence-electron chi connectivity index (χ1n) is 10.1. The summed E-state index contributed by atoms with van der Waals surface area (Å²) in [6.45, 7) is 3.79. The second-order valence-corrected chi connectivity index (χ2v) is 9.33. The van der Waals surface area contributed by atoms with Crippen LogP contribution in [0, 0.1) is 5.82 Å². The Balaban J connectivity index is 1.38. The van der Waals surface area contributed by atoms with Crippen molar-refractivity contribution in [3.05, 3.63) is 48.3 Å². The van der Waals surface area contributed by atoms with E-state index in [1.165, 1.54) is 28.6 Å².